The smallest absolute Gasteiger partial charge is 0.726 e. The van der Waals surface area contributed by atoms with Gasteiger partial charge in [0.2, 0.25) is 20.8 Å². The normalized spacial score (nSPS) is 40.3. The fourth-order valence-electron chi connectivity index (χ4n) is 9.56. The van der Waals surface area contributed by atoms with Gasteiger partial charge in [-0.15, -0.1) is 0 Å². The summed E-state index contributed by atoms with van der Waals surface area (Å²) in [6.07, 6.45) is 5.11. The molecule has 0 spiro atoms. The molecule has 0 N–H and O–H groups in total. The molecule has 4 fully saturated rings. The van der Waals surface area contributed by atoms with Crippen molar-refractivity contribution in [3.8, 4) is 0 Å². The Morgan fingerprint density at radius 1 is 0.875 bits per heavy atom. The Labute approximate surface area is 285 Å². The molecule has 9 nitrogen and oxygen atoms in total. The van der Waals surface area contributed by atoms with E-state index in [0.29, 0.717) is 30.1 Å². The fourth-order valence-corrected chi connectivity index (χ4v) is 10.6. The van der Waals surface area contributed by atoms with Gasteiger partial charge in [-0.3, -0.25) is 13.2 Å². The number of ketones is 1. The quantitative estimate of drug-likeness (QED) is 0.172. The molecule has 0 aromatic carbocycles. The van der Waals surface area contributed by atoms with Gasteiger partial charge < -0.3 is 9.11 Å². The molecule has 0 unspecified atom stereocenters. The van der Waals surface area contributed by atoms with E-state index < -0.39 is 44.3 Å². The molecule has 0 aromatic heterocycles. The number of Topliss-reactive ketones (excluding diaryl/α,β-unsaturated/α-hetero) is 1. The third kappa shape index (κ3) is 7.97. The van der Waals surface area contributed by atoms with Crippen molar-refractivity contribution in [3.63, 3.8) is 0 Å². The van der Waals surface area contributed by atoms with Crippen LogP contribution in [0.25, 0.3) is 0 Å². The van der Waals surface area contributed by atoms with Gasteiger partial charge in [0.15, 0.2) is 0 Å². The number of hydrogen-bond donors (Lipinski definition) is 0. The van der Waals surface area contributed by atoms with E-state index in [9.17, 15) is 30.7 Å². The molecule has 4 rings (SSSR count). The van der Waals surface area contributed by atoms with Crippen LogP contribution in [0.1, 0.15) is 98.8 Å². The number of fused-ring (bicyclic) bond motifs is 5. The molecule has 4 aliphatic carbocycles. The van der Waals surface area contributed by atoms with Crippen LogP contribution in [-0.4, -0.2) is 43.9 Å². The average molecular weight is 623 g/mol. The van der Waals surface area contributed by atoms with Crippen LogP contribution in [0.2, 0.25) is 0 Å². The molecule has 0 amide bonds. The predicted octanol–water partition coefficient (Wildman–Crippen LogP) is -1.40. The summed E-state index contributed by atoms with van der Waals surface area (Å²) in [7, 11) is -10.4. The van der Waals surface area contributed by atoms with Crippen molar-refractivity contribution in [1.82, 2.24) is 0 Å². The van der Waals surface area contributed by atoms with Crippen molar-refractivity contribution in [1.29, 1.82) is 0 Å². The maximum absolute atomic E-state index is 13.6. The average Bonchev–Trinajstić information content (AvgIpc) is 3.10. The summed E-state index contributed by atoms with van der Waals surface area (Å²) in [6, 6.07) is 0. The maximum Gasteiger partial charge on any atom is 1.00 e. The number of carbonyl (C=O) groups excluding carboxylic acids is 1. The SMILES string of the molecule is CC(C)CCC[C@@H](C)[C@H]1CC[C@H]2[C@@H]3CC(=O)[C@H]4C[C@H](OS(=O)(=O)[O-])[C@@H](OS(=O)(=O)[O-])C[C@]4(C)[C@H]3CC[C@]12C.[Na+].[Na+]. The first-order valence-corrected chi connectivity index (χ1v) is 16.9. The van der Waals surface area contributed by atoms with Gasteiger partial charge >= 0.3 is 59.1 Å². The van der Waals surface area contributed by atoms with Crippen LogP contribution >= 0.6 is 0 Å². The zero-order chi connectivity index (χ0) is 28.3. The van der Waals surface area contributed by atoms with E-state index in [2.05, 4.69) is 31.9 Å². The first kappa shape index (κ1) is 37.6. The standard InChI is InChI=1S/C27H46O9S2.2Na/c1-16(2)7-6-8-17(3)19-9-10-20-18-13-23(28)22-14-24(35-37(29,30)31)25(36-38(32,33)34)15-27(22,5)21(18)11-12-26(19,20)4;;/h16-22,24-25H,6-15H2,1-5H3,(H,29,30,31)(H,32,33,34);;/q;2*+1/p-2/t17-,18+,19-,20+,21+,22-,24+,25+,26-,27-;;/m1../s1. The molecule has 0 bridgehead atoms. The summed E-state index contributed by atoms with van der Waals surface area (Å²) >= 11 is 0. The first-order chi connectivity index (χ1) is 17.4. The second-order valence-electron chi connectivity index (χ2n) is 13.7. The Bertz CT molecular complexity index is 1120. The van der Waals surface area contributed by atoms with E-state index in [0.717, 1.165) is 25.7 Å². The molecular weight excluding hydrogens is 578 g/mol. The molecule has 0 saturated heterocycles. The van der Waals surface area contributed by atoms with E-state index in [1.807, 2.05) is 6.92 Å². The zero-order valence-electron chi connectivity index (χ0n) is 25.3. The molecule has 4 aliphatic rings. The molecule has 10 atom stereocenters. The van der Waals surface area contributed by atoms with Crippen molar-refractivity contribution in [2.24, 2.45) is 52.3 Å². The number of hydrogen-bond acceptors (Lipinski definition) is 9. The van der Waals surface area contributed by atoms with E-state index in [1.165, 1.54) is 19.3 Å². The topological polar surface area (TPSA) is 150 Å². The molecule has 0 heterocycles. The van der Waals surface area contributed by atoms with Crippen LogP contribution in [0.5, 0.6) is 0 Å². The van der Waals surface area contributed by atoms with E-state index in [1.54, 1.807) is 0 Å². The second kappa shape index (κ2) is 13.8. The molecule has 0 aliphatic heterocycles. The molecule has 0 radical (unpaired) electrons. The summed E-state index contributed by atoms with van der Waals surface area (Å²) in [5.41, 5.74) is -0.530. The minimum absolute atomic E-state index is 0. The number of carbonyl (C=O) groups is 1. The Balaban J connectivity index is 0.00000280. The molecule has 13 heteroatoms. The second-order valence-corrected chi connectivity index (χ2v) is 15.7. The Hall–Kier alpha value is 1.41. The molecule has 0 aromatic rings. The first-order valence-electron chi connectivity index (χ1n) is 14.3. The van der Waals surface area contributed by atoms with Crippen molar-refractivity contribution < 1.29 is 98.2 Å². The van der Waals surface area contributed by atoms with Crippen molar-refractivity contribution in [3.05, 3.63) is 0 Å². The van der Waals surface area contributed by atoms with Crippen LogP contribution < -0.4 is 59.1 Å². The largest absolute Gasteiger partial charge is 1.00 e. The summed E-state index contributed by atoms with van der Waals surface area (Å²) in [5, 5.41) is 0. The fraction of sp³-hybridized carbons (Fsp3) is 0.963. The maximum atomic E-state index is 13.6. The van der Waals surface area contributed by atoms with E-state index >= 15 is 0 Å². The molecule has 4 saturated carbocycles. The van der Waals surface area contributed by atoms with E-state index in [4.69, 9.17) is 4.18 Å². The third-order valence-electron chi connectivity index (χ3n) is 11.1. The van der Waals surface area contributed by atoms with Crippen molar-refractivity contribution in [2.75, 3.05) is 0 Å². The monoisotopic (exact) mass is 622 g/mol. The Morgan fingerprint density at radius 3 is 2.02 bits per heavy atom. The Morgan fingerprint density at radius 2 is 1.45 bits per heavy atom. The predicted molar refractivity (Wildman–Crippen MR) is 138 cm³/mol. The third-order valence-corrected chi connectivity index (χ3v) is 12.1. The van der Waals surface area contributed by atoms with Crippen LogP contribution in [0.3, 0.4) is 0 Å². The van der Waals surface area contributed by atoms with E-state index in [-0.39, 0.29) is 95.0 Å². The van der Waals surface area contributed by atoms with Crippen molar-refractivity contribution in [2.45, 2.75) is 111 Å². The minimum atomic E-state index is -5.19. The van der Waals surface area contributed by atoms with Gasteiger partial charge in [0.1, 0.15) is 18.0 Å². The molecular formula is C27H44Na2O9S2. The van der Waals surface area contributed by atoms with Gasteiger partial charge in [-0.1, -0.05) is 53.9 Å². The van der Waals surface area contributed by atoms with Crippen molar-refractivity contribution >= 4 is 26.6 Å². The van der Waals surface area contributed by atoms with Crippen LogP contribution in [0, 0.1) is 52.3 Å². The van der Waals surface area contributed by atoms with Gasteiger partial charge in [0.25, 0.3) is 0 Å². The van der Waals surface area contributed by atoms with Gasteiger partial charge in [-0.25, -0.2) is 16.8 Å². The van der Waals surface area contributed by atoms with Gasteiger partial charge in [-0.05, 0) is 84.9 Å². The van der Waals surface area contributed by atoms with Crippen LogP contribution in [0.4, 0.5) is 0 Å². The van der Waals surface area contributed by atoms with Crippen LogP contribution in [-0.2, 0) is 34.0 Å². The summed E-state index contributed by atoms with van der Waals surface area (Å²) in [5.74, 6) is 2.00. The summed E-state index contributed by atoms with van der Waals surface area (Å²) < 4.78 is 77.9. The summed E-state index contributed by atoms with van der Waals surface area (Å²) in [6.45, 7) is 11.3. The van der Waals surface area contributed by atoms with Gasteiger partial charge in [-0.2, -0.15) is 0 Å². The summed E-state index contributed by atoms with van der Waals surface area (Å²) in [4.78, 5) is 13.6. The molecule has 220 valence electrons. The number of rotatable bonds is 9. The Kier molecular flexibility index (Phi) is 13.0. The minimum Gasteiger partial charge on any atom is -0.726 e. The zero-order valence-corrected chi connectivity index (χ0v) is 30.9. The van der Waals surface area contributed by atoms with Gasteiger partial charge in [0.05, 0.1) is 0 Å². The van der Waals surface area contributed by atoms with Gasteiger partial charge in [0, 0.05) is 12.3 Å². The van der Waals surface area contributed by atoms with Crippen LogP contribution in [0.15, 0.2) is 0 Å². The molecule has 40 heavy (non-hydrogen) atoms.